The molecule has 2 atom stereocenters. The van der Waals surface area contributed by atoms with Gasteiger partial charge in [0.15, 0.2) is 0 Å². The van der Waals surface area contributed by atoms with Crippen LogP contribution in [-0.4, -0.2) is 51.3 Å². The van der Waals surface area contributed by atoms with Crippen LogP contribution in [0.25, 0.3) is 0 Å². The van der Waals surface area contributed by atoms with Gasteiger partial charge in [0.2, 0.25) is 0 Å². The summed E-state index contributed by atoms with van der Waals surface area (Å²) in [6, 6.07) is 0.617. The van der Waals surface area contributed by atoms with Crippen molar-refractivity contribution in [2.45, 2.75) is 40.2 Å². The van der Waals surface area contributed by atoms with Crippen LogP contribution in [0.2, 0.25) is 0 Å². The zero-order valence-electron chi connectivity index (χ0n) is 12.6. The molecule has 0 aromatic rings. The van der Waals surface area contributed by atoms with Gasteiger partial charge in [0.25, 0.3) is 0 Å². The number of hydrogen-bond acceptors (Lipinski definition) is 3. The molecule has 0 fully saturated rings. The van der Waals surface area contributed by atoms with Gasteiger partial charge in [-0.05, 0) is 45.3 Å². The van der Waals surface area contributed by atoms with Crippen molar-refractivity contribution < 1.29 is 4.74 Å². The van der Waals surface area contributed by atoms with Crippen LogP contribution in [0.1, 0.15) is 34.1 Å². The number of hydrogen-bond donors (Lipinski definition) is 1. The molecule has 2 unspecified atom stereocenters. The van der Waals surface area contributed by atoms with Crippen LogP contribution in [0.5, 0.6) is 0 Å². The molecule has 3 nitrogen and oxygen atoms in total. The largest absolute Gasteiger partial charge is 0.385 e. The van der Waals surface area contributed by atoms with Crippen LogP contribution in [-0.2, 0) is 4.74 Å². The average Bonchev–Trinajstić information content (AvgIpc) is 2.27. The van der Waals surface area contributed by atoms with E-state index in [4.69, 9.17) is 4.74 Å². The molecule has 0 heterocycles. The van der Waals surface area contributed by atoms with Crippen molar-refractivity contribution in [3.8, 4) is 0 Å². The molecule has 0 saturated heterocycles. The summed E-state index contributed by atoms with van der Waals surface area (Å²) in [5, 5.41) is 3.54. The Balaban J connectivity index is 3.73. The van der Waals surface area contributed by atoms with E-state index in [-0.39, 0.29) is 0 Å². The van der Waals surface area contributed by atoms with Crippen LogP contribution >= 0.6 is 0 Å². The highest BCUT2D eigenvalue weighted by Crippen LogP contribution is 2.09. The van der Waals surface area contributed by atoms with E-state index in [9.17, 15) is 0 Å². The Bertz CT molecular complexity index is 174. The lowest BCUT2D eigenvalue weighted by molar-refractivity contribution is 0.151. The van der Waals surface area contributed by atoms with Gasteiger partial charge in [-0.25, -0.2) is 0 Å². The van der Waals surface area contributed by atoms with Gasteiger partial charge in [0.1, 0.15) is 0 Å². The molecule has 104 valence electrons. The van der Waals surface area contributed by atoms with Gasteiger partial charge in [0.05, 0.1) is 0 Å². The molecule has 0 aromatic heterocycles. The molecular formula is C14H32N2O. The number of rotatable bonds is 10. The van der Waals surface area contributed by atoms with E-state index in [1.165, 1.54) is 0 Å². The Morgan fingerprint density at radius 2 is 1.76 bits per heavy atom. The average molecular weight is 244 g/mol. The lowest BCUT2D eigenvalue weighted by Crippen LogP contribution is -2.40. The lowest BCUT2D eigenvalue weighted by atomic mass is 10.0. The van der Waals surface area contributed by atoms with Crippen molar-refractivity contribution >= 4 is 0 Å². The number of ether oxygens (including phenoxy) is 1. The van der Waals surface area contributed by atoms with Gasteiger partial charge in [-0.1, -0.05) is 20.8 Å². The summed E-state index contributed by atoms with van der Waals surface area (Å²) in [6.07, 6.45) is 1.11. The Kier molecular flexibility index (Phi) is 9.79. The molecule has 1 N–H and O–H groups in total. The summed E-state index contributed by atoms with van der Waals surface area (Å²) in [5.74, 6) is 1.42. The minimum Gasteiger partial charge on any atom is -0.385 e. The summed E-state index contributed by atoms with van der Waals surface area (Å²) in [4.78, 5) is 2.43. The second kappa shape index (κ2) is 9.86. The van der Waals surface area contributed by atoms with Gasteiger partial charge in [-0.2, -0.15) is 0 Å². The molecular weight excluding hydrogens is 212 g/mol. The summed E-state index contributed by atoms with van der Waals surface area (Å²) < 4.78 is 5.08. The van der Waals surface area contributed by atoms with E-state index < -0.39 is 0 Å². The molecule has 0 aliphatic carbocycles. The molecule has 0 amide bonds. The van der Waals surface area contributed by atoms with Crippen molar-refractivity contribution in [2.75, 3.05) is 40.4 Å². The first-order valence-electron chi connectivity index (χ1n) is 6.88. The summed E-state index contributed by atoms with van der Waals surface area (Å²) in [7, 11) is 3.97. The first-order chi connectivity index (χ1) is 7.99. The zero-order chi connectivity index (χ0) is 13.3. The SMILES string of the molecule is COCCCN(C)C(C)C(C)CNCC(C)C. The van der Waals surface area contributed by atoms with Crippen molar-refractivity contribution in [3.63, 3.8) is 0 Å². The van der Waals surface area contributed by atoms with Crippen LogP contribution in [0.15, 0.2) is 0 Å². The number of nitrogens with one attached hydrogen (secondary N) is 1. The summed E-state index contributed by atoms with van der Waals surface area (Å²) >= 11 is 0. The number of nitrogens with zero attached hydrogens (tertiary/aromatic N) is 1. The molecule has 0 aromatic carbocycles. The van der Waals surface area contributed by atoms with Gasteiger partial charge in [0, 0.05) is 26.3 Å². The molecule has 0 aliphatic rings. The topological polar surface area (TPSA) is 24.5 Å². The van der Waals surface area contributed by atoms with E-state index >= 15 is 0 Å². The van der Waals surface area contributed by atoms with Crippen molar-refractivity contribution in [2.24, 2.45) is 11.8 Å². The Morgan fingerprint density at radius 3 is 2.29 bits per heavy atom. The predicted molar refractivity (Wildman–Crippen MR) is 75.5 cm³/mol. The highest BCUT2D eigenvalue weighted by atomic mass is 16.5. The fourth-order valence-electron chi connectivity index (χ4n) is 1.87. The second-order valence-electron chi connectivity index (χ2n) is 5.60. The molecule has 0 saturated carbocycles. The van der Waals surface area contributed by atoms with E-state index in [1.54, 1.807) is 7.11 Å². The van der Waals surface area contributed by atoms with Gasteiger partial charge >= 0.3 is 0 Å². The van der Waals surface area contributed by atoms with E-state index in [0.717, 1.165) is 38.6 Å². The minimum absolute atomic E-state index is 0.617. The maximum atomic E-state index is 5.08. The maximum absolute atomic E-state index is 5.08. The highest BCUT2D eigenvalue weighted by Gasteiger charge is 2.16. The molecule has 0 rings (SSSR count). The van der Waals surface area contributed by atoms with Gasteiger partial charge in [-0.3, -0.25) is 0 Å². The number of methoxy groups -OCH3 is 1. The monoisotopic (exact) mass is 244 g/mol. The van der Waals surface area contributed by atoms with Crippen LogP contribution in [0.4, 0.5) is 0 Å². The fourth-order valence-corrected chi connectivity index (χ4v) is 1.87. The fraction of sp³-hybridized carbons (Fsp3) is 1.00. The van der Waals surface area contributed by atoms with Crippen molar-refractivity contribution in [3.05, 3.63) is 0 Å². The first-order valence-corrected chi connectivity index (χ1v) is 6.88. The van der Waals surface area contributed by atoms with Crippen molar-refractivity contribution in [1.29, 1.82) is 0 Å². The van der Waals surface area contributed by atoms with Crippen LogP contribution < -0.4 is 5.32 Å². The van der Waals surface area contributed by atoms with E-state index in [2.05, 4.69) is 45.0 Å². The third-order valence-corrected chi connectivity index (χ3v) is 3.40. The zero-order valence-corrected chi connectivity index (χ0v) is 12.6. The molecule has 0 spiro atoms. The van der Waals surface area contributed by atoms with Crippen LogP contribution in [0.3, 0.4) is 0 Å². The molecule has 0 radical (unpaired) electrons. The minimum atomic E-state index is 0.617. The molecule has 17 heavy (non-hydrogen) atoms. The Hall–Kier alpha value is -0.120. The molecule has 0 aliphatic heterocycles. The van der Waals surface area contributed by atoms with Gasteiger partial charge < -0.3 is 15.0 Å². The van der Waals surface area contributed by atoms with E-state index in [0.29, 0.717) is 12.0 Å². The lowest BCUT2D eigenvalue weighted by Gasteiger charge is -2.30. The van der Waals surface area contributed by atoms with Crippen molar-refractivity contribution in [1.82, 2.24) is 10.2 Å². The third-order valence-electron chi connectivity index (χ3n) is 3.40. The van der Waals surface area contributed by atoms with Gasteiger partial charge in [-0.15, -0.1) is 0 Å². The summed E-state index contributed by atoms with van der Waals surface area (Å²) in [5.41, 5.74) is 0. The normalized spacial score (nSPS) is 15.5. The first kappa shape index (κ1) is 16.9. The predicted octanol–water partition coefficient (Wildman–Crippen LogP) is 2.22. The Labute approximate surface area is 108 Å². The molecule has 3 heteroatoms. The van der Waals surface area contributed by atoms with E-state index in [1.807, 2.05) is 0 Å². The second-order valence-corrected chi connectivity index (χ2v) is 5.60. The molecule has 0 bridgehead atoms. The maximum Gasteiger partial charge on any atom is 0.0474 e. The Morgan fingerprint density at radius 1 is 1.12 bits per heavy atom. The summed E-state index contributed by atoms with van der Waals surface area (Å²) in [6.45, 7) is 13.3. The third kappa shape index (κ3) is 8.58. The highest BCUT2D eigenvalue weighted by molar-refractivity contribution is 4.72. The quantitative estimate of drug-likeness (QED) is 0.596. The van der Waals surface area contributed by atoms with Crippen LogP contribution in [0, 0.1) is 11.8 Å². The standard InChI is InChI=1S/C14H32N2O/c1-12(2)10-15-11-13(3)14(4)16(5)8-7-9-17-6/h12-15H,7-11H2,1-6H3. The smallest absolute Gasteiger partial charge is 0.0474 e.